The summed E-state index contributed by atoms with van der Waals surface area (Å²) in [7, 11) is 1.35. The van der Waals surface area contributed by atoms with E-state index in [4.69, 9.17) is 9.57 Å². The number of benzene rings is 3. The third-order valence-corrected chi connectivity index (χ3v) is 7.19. The van der Waals surface area contributed by atoms with Gasteiger partial charge in [-0.1, -0.05) is 74.0 Å². The monoisotopic (exact) mass is 548 g/mol. The number of nitrogens with zero attached hydrogens (tertiary/aromatic N) is 1. The Morgan fingerprint density at radius 2 is 1.72 bits per heavy atom. The number of rotatable bonds is 15. The van der Waals surface area contributed by atoms with Crippen LogP contribution in [0.1, 0.15) is 53.2 Å². The summed E-state index contributed by atoms with van der Waals surface area (Å²) in [6.07, 6.45) is 4.56. The van der Waals surface area contributed by atoms with Crippen molar-refractivity contribution < 1.29 is 19.2 Å². The lowest BCUT2D eigenvalue weighted by molar-refractivity contribution is -0.177. The Labute approximate surface area is 237 Å². The van der Waals surface area contributed by atoms with E-state index in [2.05, 4.69) is 30.4 Å². The van der Waals surface area contributed by atoms with Crippen LogP contribution in [-0.4, -0.2) is 48.6 Å². The van der Waals surface area contributed by atoms with Crippen molar-refractivity contribution in [3.63, 3.8) is 0 Å². The maximum Gasteiger partial charge on any atom is 0.328 e. The maximum absolute atomic E-state index is 13.5. The summed E-state index contributed by atoms with van der Waals surface area (Å²) in [5.41, 5.74) is 5.56. The highest BCUT2D eigenvalue weighted by atomic mass is 32.2. The number of hydrogen-bond acceptors (Lipinski definition) is 6. The van der Waals surface area contributed by atoms with Crippen LogP contribution in [0.25, 0.3) is 11.1 Å². The summed E-state index contributed by atoms with van der Waals surface area (Å²) >= 11 is 1.62. The zero-order valence-electron chi connectivity index (χ0n) is 23.4. The Balaban J connectivity index is 1.90. The third-order valence-electron chi connectivity index (χ3n) is 6.54. The molecule has 6 nitrogen and oxygen atoms in total. The van der Waals surface area contributed by atoms with Crippen LogP contribution in [0.3, 0.4) is 0 Å². The van der Waals surface area contributed by atoms with E-state index in [9.17, 15) is 9.59 Å². The second kappa shape index (κ2) is 16.1. The molecular weight excluding hydrogens is 508 g/mol. The lowest BCUT2D eigenvalue weighted by Crippen LogP contribution is -2.42. The molecule has 0 unspecified atom stereocenters. The van der Waals surface area contributed by atoms with Crippen LogP contribution in [0, 0.1) is 6.92 Å². The Hall–Kier alpha value is -3.13. The number of nitrogens with one attached hydrogen (secondary N) is 1. The molecule has 1 amide bonds. The number of ether oxygens (including phenoxy) is 1. The third kappa shape index (κ3) is 9.24. The molecule has 3 aromatic rings. The zero-order valence-corrected chi connectivity index (χ0v) is 24.3. The fourth-order valence-corrected chi connectivity index (χ4v) is 4.79. The Bertz CT molecular complexity index is 1200. The largest absolute Gasteiger partial charge is 0.467 e. The van der Waals surface area contributed by atoms with E-state index >= 15 is 0 Å². The SMILES string of the molecule is CCCCN(Cc1ccc(C(=O)N[C@@H](CCSC)C(=O)OC)c(-c2ccccc2C)c1)OCc1ccccc1. The van der Waals surface area contributed by atoms with Crippen LogP contribution >= 0.6 is 11.8 Å². The van der Waals surface area contributed by atoms with Gasteiger partial charge in [-0.25, -0.2) is 4.79 Å². The number of esters is 1. The van der Waals surface area contributed by atoms with Gasteiger partial charge in [0.15, 0.2) is 0 Å². The molecule has 0 aromatic heterocycles. The maximum atomic E-state index is 13.5. The Morgan fingerprint density at radius 3 is 2.41 bits per heavy atom. The lowest BCUT2D eigenvalue weighted by atomic mass is 9.93. The van der Waals surface area contributed by atoms with E-state index in [0.717, 1.165) is 53.0 Å². The van der Waals surface area contributed by atoms with Gasteiger partial charge in [-0.05, 0) is 71.7 Å². The fourth-order valence-electron chi connectivity index (χ4n) is 4.32. The van der Waals surface area contributed by atoms with Gasteiger partial charge >= 0.3 is 5.97 Å². The van der Waals surface area contributed by atoms with E-state index in [1.54, 1.807) is 11.8 Å². The molecule has 208 valence electrons. The van der Waals surface area contributed by atoms with Crippen molar-refractivity contribution in [1.82, 2.24) is 10.4 Å². The fraction of sp³-hybridized carbons (Fsp3) is 0.375. The highest BCUT2D eigenvalue weighted by Crippen LogP contribution is 2.29. The molecule has 3 rings (SSSR count). The molecule has 0 heterocycles. The molecule has 0 saturated carbocycles. The highest BCUT2D eigenvalue weighted by Gasteiger charge is 2.24. The molecular formula is C32H40N2O4S. The number of hydroxylamine groups is 2. The predicted octanol–water partition coefficient (Wildman–Crippen LogP) is 6.42. The van der Waals surface area contributed by atoms with Crippen molar-refractivity contribution in [2.24, 2.45) is 0 Å². The van der Waals surface area contributed by atoms with Gasteiger partial charge in [-0.15, -0.1) is 0 Å². The summed E-state index contributed by atoms with van der Waals surface area (Å²) in [4.78, 5) is 32.1. The molecule has 0 aliphatic rings. The molecule has 3 aromatic carbocycles. The highest BCUT2D eigenvalue weighted by molar-refractivity contribution is 7.98. The van der Waals surface area contributed by atoms with E-state index < -0.39 is 12.0 Å². The Kier molecular flexibility index (Phi) is 12.5. The van der Waals surface area contributed by atoms with Crippen LogP contribution in [0.4, 0.5) is 0 Å². The molecule has 7 heteroatoms. The minimum Gasteiger partial charge on any atom is -0.467 e. The molecule has 1 N–H and O–H groups in total. The molecule has 0 saturated heterocycles. The van der Waals surface area contributed by atoms with Crippen molar-refractivity contribution in [3.8, 4) is 11.1 Å². The topological polar surface area (TPSA) is 67.9 Å². The van der Waals surface area contributed by atoms with Crippen molar-refractivity contribution >= 4 is 23.6 Å². The summed E-state index contributed by atoms with van der Waals surface area (Å²) in [6.45, 7) is 6.10. The molecule has 0 radical (unpaired) electrons. The van der Waals surface area contributed by atoms with Crippen LogP contribution in [-0.2, 0) is 27.5 Å². The second-order valence-corrected chi connectivity index (χ2v) is 10.5. The van der Waals surface area contributed by atoms with Crippen LogP contribution in [0.5, 0.6) is 0 Å². The smallest absolute Gasteiger partial charge is 0.328 e. The van der Waals surface area contributed by atoms with Gasteiger partial charge in [0, 0.05) is 18.7 Å². The first-order valence-electron chi connectivity index (χ1n) is 13.4. The summed E-state index contributed by atoms with van der Waals surface area (Å²) in [5.74, 6) is 0.00768. The van der Waals surface area contributed by atoms with E-state index in [-0.39, 0.29) is 5.91 Å². The predicted molar refractivity (Wildman–Crippen MR) is 159 cm³/mol. The summed E-state index contributed by atoms with van der Waals surface area (Å²) < 4.78 is 4.95. The van der Waals surface area contributed by atoms with Gasteiger partial charge in [-0.3, -0.25) is 9.63 Å². The number of unbranched alkanes of at least 4 members (excludes halogenated alkanes) is 1. The number of carbonyl (C=O) groups is 2. The number of amides is 1. The Morgan fingerprint density at radius 1 is 0.974 bits per heavy atom. The van der Waals surface area contributed by atoms with Crippen molar-refractivity contribution in [1.29, 1.82) is 0 Å². The minimum absolute atomic E-state index is 0.292. The van der Waals surface area contributed by atoms with E-state index in [1.165, 1.54) is 7.11 Å². The molecule has 0 bridgehead atoms. The lowest BCUT2D eigenvalue weighted by Gasteiger charge is -2.23. The summed E-state index contributed by atoms with van der Waals surface area (Å²) in [5, 5.41) is 4.92. The molecule has 1 atom stereocenters. The molecule has 39 heavy (non-hydrogen) atoms. The average Bonchev–Trinajstić information content (AvgIpc) is 2.96. The number of hydrogen-bond donors (Lipinski definition) is 1. The first-order chi connectivity index (χ1) is 19.0. The first-order valence-corrected chi connectivity index (χ1v) is 14.8. The van der Waals surface area contributed by atoms with Gasteiger partial charge in [0.2, 0.25) is 0 Å². The summed E-state index contributed by atoms with van der Waals surface area (Å²) in [6, 6.07) is 23.4. The molecule has 0 spiro atoms. The molecule has 0 aliphatic carbocycles. The van der Waals surface area contributed by atoms with Crippen molar-refractivity contribution in [2.75, 3.05) is 25.7 Å². The zero-order chi connectivity index (χ0) is 28.0. The number of carbonyl (C=O) groups excluding carboxylic acids is 2. The van der Waals surface area contributed by atoms with Crippen LogP contribution in [0.2, 0.25) is 0 Å². The van der Waals surface area contributed by atoms with Gasteiger partial charge in [0.1, 0.15) is 6.04 Å². The van der Waals surface area contributed by atoms with Crippen LogP contribution in [0.15, 0.2) is 72.8 Å². The first kappa shape index (κ1) is 30.4. The van der Waals surface area contributed by atoms with Gasteiger partial charge in [0.25, 0.3) is 5.91 Å². The van der Waals surface area contributed by atoms with Gasteiger partial charge < -0.3 is 10.1 Å². The molecule has 0 aliphatic heterocycles. The van der Waals surface area contributed by atoms with Crippen LogP contribution < -0.4 is 5.32 Å². The minimum atomic E-state index is -0.699. The van der Waals surface area contributed by atoms with Crippen molar-refractivity contribution in [2.45, 2.75) is 52.3 Å². The molecule has 0 fully saturated rings. The second-order valence-electron chi connectivity index (χ2n) is 9.50. The van der Waals surface area contributed by atoms with Gasteiger partial charge in [0.05, 0.1) is 13.7 Å². The normalized spacial score (nSPS) is 11.8. The quantitative estimate of drug-likeness (QED) is 0.175. The van der Waals surface area contributed by atoms with E-state index in [1.807, 2.05) is 72.8 Å². The van der Waals surface area contributed by atoms with E-state index in [0.29, 0.717) is 25.1 Å². The average molecular weight is 549 g/mol. The standard InChI is InChI=1S/C32H40N2O4S/c1-5-6-19-34(38-23-25-13-8-7-9-14-25)22-26-16-17-28(29(21-26)27-15-11-10-12-24(27)2)31(35)33-30(18-20-39-4)32(36)37-3/h7-17,21,30H,5-6,18-20,22-23H2,1-4H3,(H,33,35)/t30-/m0/s1. The van der Waals surface area contributed by atoms with Crippen molar-refractivity contribution in [3.05, 3.63) is 95.1 Å². The number of aryl methyl sites for hydroxylation is 1. The van der Waals surface area contributed by atoms with Gasteiger partial charge in [-0.2, -0.15) is 16.8 Å². The number of thioether (sulfide) groups is 1. The number of methoxy groups -OCH3 is 1.